The molecule has 5 heteroatoms. The number of methoxy groups -OCH3 is 1. The molecule has 0 saturated carbocycles. The van der Waals surface area contributed by atoms with Crippen molar-refractivity contribution in [3.63, 3.8) is 0 Å². The first-order valence-corrected chi connectivity index (χ1v) is 9.65. The van der Waals surface area contributed by atoms with Crippen LogP contribution in [0.1, 0.15) is 60.8 Å². The van der Waals surface area contributed by atoms with E-state index in [1.54, 1.807) is 0 Å². The maximum atomic E-state index is 12.9. The van der Waals surface area contributed by atoms with E-state index in [-0.39, 0.29) is 28.0 Å². The van der Waals surface area contributed by atoms with Gasteiger partial charge in [-0.2, -0.15) is 0 Å². The molecule has 4 nitrogen and oxygen atoms in total. The van der Waals surface area contributed by atoms with Crippen LogP contribution in [-0.2, 0) is 9.53 Å². The summed E-state index contributed by atoms with van der Waals surface area (Å²) in [6.07, 6.45) is 5.20. The van der Waals surface area contributed by atoms with Crippen molar-refractivity contribution in [1.82, 2.24) is 4.90 Å². The van der Waals surface area contributed by atoms with Crippen molar-refractivity contribution in [2.24, 2.45) is 16.7 Å². The van der Waals surface area contributed by atoms with Gasteiger partial charge in [0.25, 0.3) is 0 Å². The molecule has 1 amide bonds. The van der Waals surface area contributed by atoms with E-state index in [4.69, 9.17) is 0 Å². The average molecular weight is 356 g/mol. The monoisotopic (exact) mass is 355 g/mol. The molecule has 0 fully saturated rings. The molecule has 1 rings (SSSR count). The fourth-order valence-electron chi connectivity index (χ4n) is 3.35. The number of amides is 1. The van der Waals surface area contributed by atoms with Crippen LogP contribution in [0.5, 0.6) is 0 Å². The van der Waals surface area contributed by atoms with E-state index >= 15 is 0 Å². The first-order chi connectivity index (χ1) is 10.9. The molecule has 0 aromatic rings. The molecular weight excluding hydrogens is 322 g/mol. The fraction of sp³-hybridized carbons (Fsp3) is 0.789. The zero-order valence-corrected chi connectivity index (χ0v) is 17.1. The highest BCUT2D eigenvalue weighted by Gasteiger charge is 2.33. The Morgan fingerprint density at radius 2 is 1.88 bits per heavy atom. The Labute approximate surface area is 151 Å². The number of carbonyl (C=O) groups is 2. The second-order valence-corrected chi connectivity index (χ2v) is 9.68. The zero-order valence-electron chi connectivity index (χ0n) is 16.3. The van der Waals surface area contributed by atoms with E-state index < -0.39 is 0 Å². The number of carbonyl (C=O) groups excluding carboxylic acids is 2. The van der Waals surface area contributed by atoms with Gasteiger partial charge in [0.2, 0.25) is 5.91 Å². The Morgan fingerprint density at radius 1 is 1.29 bits per heavy atom. The van der Waals surface area contributed by atoms with Gasteiger partial charge in [-0.1, -0.05) is 47.6 Å². The topological polar surface area (TPSA) is 46.6 Å². The zero-order chi connectivity index (χ0) is 18.5. The Kier molecular flexibility index (Phi) is 7.39. The Hall–Kier alpha value is -0.970. The summed E-state index contributed by atoms with van der Waals surface area (Å²) in [5, 5.41) is -0.336. The molecule has 0 aliphatic heterocycles. The number of hydrogen-bond acceptors (Lipinski definition) is 4. The van der Waals surface area contributed by atoms with E-state index in [0.717, 1.165) is 43.3 Å². The van der Waals surface area contributed by atoms with Gasteiger partial charge in [-0.3, -0.25) is 4.79 Å². The van der Waals surface area contributed by atoms with Crippen molar-refractivity contribution in [1.29, 1.82) is 0 Å². The minimum absolute atomic E-state index is 0.0412. The van der Waals surface area contributed by atoms with Gasteiger partial charge in [-0.05, 0) is 41.9 Å². The molecule has 0 aromatic carbocycles. The summed E-state index contributed by atoms with van der Waals surface area (Å²) in [5.41, 5.74) is 1.40. The Bertz CT molecular complexity index is 491. The quantitative estimate of drug-likeness (QED) is 0.597. The number of allylic oxidation sites excluding steroid dienone is 2. The van der Waals surface area contributed by atoms with E-state index in [1.165, 1.54) is 7.11 Å². The second-order valence-electron chi connectivity index (χ2n) is 8.73. The largest absolute Gasteiger partial charge is 0.461 e. The van der Waals surface area contributed by atoms with Crippen molar-refractivity contribution in [2.75, 3.05) is 19.4 Å². The predicted molar refractivity (Wildman–Crippen MR) is 101 cm³/mol. The van der Waals surface area contributed by atoms with Gasteiger partial charge in [-0.25, -0.2) is 4.79 Å². The minimum atomic E-state index is -0.336. The van der Waals surface area contributed by atoms with Crippen molar-refractivity contribution >= 4 is 23.0 Å². The molecule has 24 heavy (non-hydrogen) atoms. The molecule has 0 radical (unpaired) electrons. The molecule has 0 bridgehead atoms. The third-order valence-electron chi connectivity index (χ3n) is 4.03. The van der Waals surface area contributed by atoms with Crippen LogP contribution in [0.15, 0.2) is 11.8 Å². The molecule has 138 valence electrons. The molecule has 1 unspecified atom stereocenters. The van der Waals surface area contributed by atoms with Crippen LogP contribution >= 0.6 is 11.8 Å². The number of hydrogen-bond donors (Lipinski definition) is 0. The maximum absolute atomic E-state index is 12.9. The van der Waals surface area contributed by atoms with Gasteiger partial charge in [0.05, 0.1) is 7.11 Å². The highest BCUT2D eigenvalue weighted by atomic mass is 32.2. The van der Waals surface area contributed by atoms with Crippen LogP contribution in [0.4, 0.5) is 4.79 Å². The molecule has 1 aliphatic carbocycles. The van der Waals surface area contributed by atoms with E-state index in [1.807, 2.05) is 11.8 Å². The van der Waals surface area contributed by atoms with Crippen LogP contribution < -0.4 is 0 Å². The fourth-order valence-corrected chi connectivity index (χ4v) is 3.99. The Balaban J connectivity index is 2.78. The molecular formula is C19H33NO3S. The second kappa shape index (κ2) is 8.41. The van der Waals surface area contributed by atoms with Crippen molar-refractivity contribution in [2.45, 2.75) is 60.8 Å². The first-order valence-electron chi connectivity index (χ1n) is 8.66. The molecule has 0 heterocycles. The lowest BCUT2D eigenvalue weighted by atomic mass is 9.75. The van der Waals surface area contributed by atoms with E-state index in [9.17, 15) is 9.59 Å². The molecule has 0 saturated heterocycles. The van der Waals surface area contributed by atoms with Crippen molar-refractivity contribution < 1.29 is 14.3 Å². The van der Waals surface area contributed by atoms with Crippen molar-refractivity contribution in [3.8, 4) is 0 Å². The number of rotatable bonds is 7. The first kappa shape index (κ1) is 21.1. The third-order valence-corrected chi connectivity index (χ3v) is 5.10. The number of ether oxygens (including phenoxy) is 1. The maximum Gasteiger partial charge on any atom is 0.367 e. The highest BCUT2D eigenvalue weighted by molar-refractivity contribution is 8.13. The Morgan fingerprint density at radius 3 is 2.29 bits per heavy atom. The highest BCUT2D eigenvalue weighted by Crippen LogP contribution is 2.36. The van der Waals surface area contributed by atoms with Gasteiger partial charge in [0, 0.05) is 23.9 Å². The minimum Gasteiger partial charge on any atom is -0.461 e. The smallest absolute Gasteiger partial charge is 0.367 e. The van der Waals surface area contributed by atoms with E-state index in [0.29, 0.717) is 5.75 Å². The lowest BCUT2D eigenvalue weighted by Crippen LogP contribution is -2.43. The average Bonchev–Trinajstić information content (AvgIpc) is 2.37. The van der Waals surface area contributed by atoms with Gasteiger partial charge < -0.3 is 9.64 Å². The summed E-state index contributed by atoms with van der Waals surface area (Å²) in [7, 11) is 1.36. The molecule has 0 N–H and O–H groups in total. The molecule has 0 spiro atoms. The molecule has 1 aliphatic rings. The van der Waals surface area contributed by atoms with E-state index in [2.05, 4.69) is 45.4 Å². The molecule has 0 aromatic heterocycles. The molecule has 1 atom stereocenters. The lowest BCUT2D eigenvalue weighted by Gasteiger charge is -2.40. The van der Waals surface area contributed by atoms with Crippen LogP contribution in [-0.4, -0.2) is 35.5 Å². The number of nitrogens with zero attached hydrogens (tertiary/aromatic N) is 1. The van der Waals surface area contributed by atoms with Crippen molar-refractivity contribution in [3.05, 3.63) is 11.8 Å². The summed E-state index contributed by atoms with van der Waals surface area (Å²) < 4.78 is 4.64. The van der Waals surface area contributed by atoms with Crippen LogP contribution in [0.25, 0.3) is 0 Å². The standard InChI is InChI=1S/C19H33NO3S/c1-14(11-24-17(22)23-7)16(21)20(15-9-8-10-15)13-19(5,6)12-18(2,3)4/h9,14H,8,10-13H2,1-7H3. The van der Waals surface area contributed by atoms with Gasteiger partial charge >= 0.3 is 5.30 Å². The lowest BCUT2D eigenvalue weighted by molar-refractivity contribution is -0.134. The summed E-state index contributed by atoms with van der Waals surface area (Å²) in [6.45, 7) is 13.8. The van der Waals surface area contributed by atoms with Crippen LogP contribution in [0.3, 0.4) is 0 Å². The summed E-state index contributed by atoms with van der Waals surface area (Å²) in [5.74, 6) is 0.356. The SMILES string of the molecule is COC(=O)SCC(C)C(=O)N(CC(C)(C)CC(C)(C)C)C1=CCC1. The summed E-state index contributed by atoms with van der Waals surface area (Å²) >= 11 is 1.07. The van der Waals surface area contributed by atoms with Crippen LogP contribution in [0, 0.1) is 16.7 Å². The van der Waals surface area contributed by atoms with Gasteiger partial charge in [0.15, 0.2) is 0 Å². The summed E-state index contributed by atoms with van der Waals surface area (Å²) in [4.78, 5) is 26.2. The van der Waals surface area contributed by atoms with Gasteiger partial charge in [0.1, 0.15) is 0 Å². The normalized spacial score (nSPS) is 16.0. The van der Waals surface area contributed by atoms with Gasteiger partial charge in [-0.15, -0.1) is 0 Å². The predicted octanol–water partition coefficient (Wildman–Crippen LogP) is 5.09. The summed E-state index contributed by atoms with van der Waals surface area (Å²) in [6, 6.07) is 0. The van der Waals surface area contributed by atoms with Crippen LogP contribution in [0.2, 0.25) is 0 Å². The number of thioether (sulfide) groups is 1. The third kappa shape index (κ3) is 6.88.